The molecule has 1 N–H and O–H groups in total. The molecule has 0 radical (unpaired) electrons. The molecule has 2 aromatic rings. The van der Waals surface area contributed by atoms with Crippen molar-refractivity contribution >= 4 is 75.5 Å². The average Bonchev–Trinajstić information content (AvgIpc) is 2.49. The van der Waals surface area contributed by atoms with E-state index in [1.165, 1.54) is 0 Å². The van der Waals surface area contributed by atoms with Crippen molar-refractivity contribution in [2.45, 2.75) is 43.6 Å². The molecule has 0 aliphatic rings. The molecule has 0 saturated heterocycles. The second-order valence-corrected chi connectivity index (χ2v) is 9.12. The van der Waals surface area contributed by atoms with E-state index < -0.39 is 3.79 Å². The summed E-state index contributed by atoms with van der Waals surface area (Å²) in [4.78, 5) is 11.1. The first-order valence-electron chi connectivity index (χ1n) is 8.13. The lowest BCUT2D eigenvalue weighted by atomic mass is 10.2. The summed E-state index contributed by atoms with van der Waals surface area (Å²) in [5.41, 5.74) is 0.674. The number of nitrogens with one attached hydrogen (secondary N) is 1. The molecule has 0 amide bonds. The third-order valence-electron chi connectivity index (χ3n) is 3.90. The Morgan fingerprint density at radius 1 is 1.08 bits per heavy atom. The van der Waals surface area contributed by atoms with Gasteiger partial charge in [0.1, 0.15) is 5.82 Å². The van der Waals surface area contributed by atoms with Crippen molar-refractivity contribution in [2.75, 3.05) is 18.4 Å². The molecule has 9 heteroatoms. The largest absolute Gasteiger partial charge is 0.368 e. The van der Waals surface area contributed by atoms with Gasteiger partial charge >= 0.3 is 0 Å². The quantitative estimate of drug-likeness (QED) is 0.532. The molecule has 1 aromatic carbocycles. The first-order chi connectivity index (χ1) is 11.6. The van der Waals surface area contributed by atoms with Gasteiger partial charge in [0.25, 0.3) is 0 Å². The number of aromatic nitrogens is 2. The predicted octanol–water partition coefficient (Wildman–Crippen LogP) is 6.06. The van der Waals surface area contributed by atoms with Crippen LogP contribution in [0.3, 0.4) is 0 Å². The molecule has 26 heavy (non-hydrogen) atoms. The fraction of sp³-hybridized carbons (Fsp3) is 0.529. The maximum absolute atomic E-state index is 6.12. The summed E-state index contributed by atoms with van der Waals surface area (Å²) in [6.45, 7) is 10.3. The number of nitrogens with zero attached hydrogens (tertiary/aromatic N) is 3. The summed E-state index contributed by atoms with van der Waals surface area (Å²) in [6, 6.07) is 6.26. The van der Waals surface area contributed by atoms with Gasteiger partial charge in [-0.1, -0.05) is 46.4 Å². The number of anilines is 1. The van der Waals surface area contributed by atoms with Crippen molar-refractivity contribution < 1.29 is 0 Å². The molecule has 0 spiro atoms. The molecule has 146 valence electrons. The van der Waals surface area contributed by atoms with Crippen molar-refractivity contribution in [3.05, 3.63) is 29.0 Å². The van der Waals surface area contributed by atoms with Crippen molar-refractivity contribution in [2.24, 2.45) is 0 Å². The number of halogens is 5. The number of benzene rings is 1. The fourth-order valence-electron chi connectivity index (χ4n) is 2.78. The normalized spacial score (nSPS) is 12.1. The van der Waals surface area contributed by atoms with Gasteiger partial charge in [0, 0.05) is 35.6 Å². The number of fused-ring (bicyclic) bond motifs is 1. The molecule has 0 unspecified atom stereocenters. The van der Waals surface area contributed by atoms with Gasteiger partial charge in [-0.05, 0) is 45.9 Å². The summed E-state index contributed by atoms with van der Waals surface area (Å²) in [5.74, 6) is 0.751. The molecular formula is C17H23Cl5N4. The van der Waals surface area contributed by atoms with Crippen LogP contribution in [0.5, 0.6) is 0 Å². The van der Waals surface area contributed by atoms with Gasteiger partial charge in [0.05, 0.1) is 5.52 Å². The summed E-state index contributed by atoms with van der Waals surface area (Å²) in [7, 11) is 0. The number of hydrogen-bond donors (Lipinski definition) is 1. The average molecular weight is 461 g/mol. The van der Waals surface area contributed by atoms with E-state index >= 15 is 0 Å². The zero-order chi connectivity index (χ0) is 18.8. The topological polar surface area (TPSA) is 41.0 Å². The minimum absolute atomic E-state index is 0. The van der Waals surface area contributed by atoms with Gasteiger partial charge in [0.2, 0.25) is 3.79 Å². The van der Waals surface area contributed by atoms with Gasteiger partial charge in [0.15, 0.2) is 5.82 Å². The molecule has 4 nitrogen and oxygen atoms in total. The molecule has 0 aliphatic carbocycles. The molecule has 1 heterocycles. The highest BCUT2D eigenvalue weighted by Crippen LogP contribution is 2.38. The van der Waals surface area contributed by atoms with Gasteiger partial charge < -0.3 is 5.32 Å². The zero-order valence-electron chi connectivity index (χ0n) is 15.1. The van der Waals surface area contributed by atoms with E-state index in [1.54, 1.807) is 12.1 Å². The highest BCUT2D eigenvalue weighted by atomic mass is 35.6. The predicted molar refractivity (Wildman–Crippen MR) is 117 cm³/mol. The zero-order valence-corrected chi connectivity index (χ0v) is 18.9. The van der Waals surface area contributed by atoms with Crippen LogP contribution in [-0.4, -0.2) is 40.0 Å². The van der Waals surface area contributed by atoms with Crippen molar-refractivity contribution in [1.29, 1.82) is 0 Å². The van der Waals surface area contributed by atoms with Crippen LogP contribution < -0.4 is 5.32 Å². The molecule has 1 aromatic heterocycles. The molecule has 2 rings (SSSR count). The maximum atomic E-state index is 6.12. The Morgan fingerprint density at radius 2 is 1.69 bits per heavy atom. The fourth-order valence-corrected chi connectivity index (χ4v) is 3.20. The van der Waals surface area contributed by atoms with Gasteiger partial charge in [-0.3, -0.25) is 4.90 Å². The Morgan fingerprint density at radius 3 is 2.23 bits per heavy atom. The first-order valence-corrected chi connectivity index (χ1v) is 9.65. The van der Waals surface area contributed by atoms with Crippen LogP contribution in [-0.2, 0) is 3.79 Å². The minimum atomic E-state index is -1.69. The van der Waals surface area contributed by atoms with E-state index in [2.05, 4.69) is 47.9 Å². The van der Waals surface area contributed by atoms with Crippen LogP contribution in [0.2, 0.25) is 5.02 Å². The highest BCUT2D eigenvalue weighted by molar-refractivity contribution is 6.66. The Bertz CT molecular complexity index is 723. The van der Waals surface area contributed by atoms with Crippen LogP contribution in [0.15, 0.2) is 18.2 Å². The molecule has 0 aliphatic heterocycles. The van der Waals surface area contributed by atoms with Crippen molar-refractivity contribution in [3.8, 4) is 0 Å². The highest BCUT2D eigenvalue weighted by Gasteiger charge is 2.28. The lowest BCUT2D eigenvalue weighted by molar-refractivity contribution is 0.182. The minimum Gasteiger partial charge on any atom is -0.368 e. The molecule has 0 saturated carbocycles. The summed E-state index contributed by atoms with van der Waals surface area (Å²) < 4.78 is -1.69. The van der Waals surface area contributed by atoms with Crippen LogP contribution >= 0.6 is 58.8 Å². The molecule has 0 fully saturated rings. The Labute approximate surface area is 181 Å². The smallest absolute Gasteiger partial charge is 0.250 e. The lowest BCUT2D eigenvalue weighted by Crippen LogP contribution is -2.40. The molecular weight excluding hydrogens is 437 g/mol. The van der Waals surface area contributed by atoms with E-state index in [0.717, 1.165) is 11.9 Å². The monoisotopic (exact) mass is 458 g/mol. The SMILES string of the molecule is CC(C)N(CCNc1nc(C(Cl)(Cl)Cl)nc2ccc(Cl)cc12)C(C)C.Cl. The number of hydrogen-bond acceptors (Lipinski definition) is 4. The lowest BCUT2D eigenvalue weighted by Gasteiger charge is -2.30. The van der Waals surface area contributed by atoms with E-state index in [1.807, 2.05) is 6.07 Å². The Hall–Kier alpha value is -0.230. The summed E-state index contributed by atoms with van der Waals surface area (Å²) >= 11 is 24.0. The Balaban J connectivity index is 0.00000338. The van der Waals surface area contributed by atoms with Crippen molar-refractivity contribution in [3.63, 3.8) is 0 Å². The second kappa shape index (κ2) is 9.81. The van der Waals surface area contributed by atoms with E-state index in [0.29, 0.717) is 35.0 Å². The summed E-state index contributed by atoms with van der Waals surface area (Å²) in [5, 5.41) is 4.74. The first kappa shape index (κ1) is 23.8. The summed E-state index contributed by atoms with van der Waals surface area (Å²) in [6.07, 6.45) is 0. The van der Waals surface area contributed by atoms with E-state index in [9.17, 15) is 0 Å². The van der Waals surface area contributed by atoms with Crippen LogP contribution in [0, 0.1) is 0 Å². The Kier molecular flexibility index (Phi) is 8.98. The van der Waals surface area contributed by atoms with Crippen LogP contribution in [0.4, 0.5) is 5.82 Å². The number of alkyl halides is 3. The second-order valence-electron chi connectivity index (χ2n) is 6.41. The van der Waals surface area contributed by atoms with Crippen LogP contribution in [0.1, 0.15) is 33.5 Å². The standard InChI is InChI=1S/C17H22Cl4N4.ClH/c1-10(2)25(11(3)4)8-7-22-15-13-9-12(18)5-6-14(13)23-16(24-15)17(19,20)21;/h5-6,9-11H,7-8H2,1-4H3,(H,22,23,24);1H. The van der Waals surface area contributed by atoms with Crippen LogP contribution in [0.25, 0.3) is 10.9 Å². The molecule has 0 bridgehead atoms. The third-order valence-corrected chi connectivity index (χ3v) is 4.64. The third kappa shape index (κ3) is 6.15. The number of rotatable bonds is 6. The van der Waals surface area contributed by atoms with Gasteiger partial charge in [-0.15, -0.1) is 12.4 Å². The van der Waals surface area contributed by atoms with E-state index in [-0.39, 0.29) is 18.2 Å². The van der Waals surface area contributed by atoms with Crippen molar-refractivity contribution in [1.82, 2.24) is 14.9 Å². The van der Waals surface area contributed by atoms with E-state index in [4.69, 9.17) is 46.4 Å². The van der Waals surface area contributed by atoms with Gasteiger partial charge in [-0.2, -0.15) is 0 Å². The maximum Gasteiger partial charge on any atom is 0.250 e. The van der Waals surface area contributed by atoms with Gasteiger partial charge in [-0.25, -0.2) is 9.97 Å². The molecule has 0 atom stereocenters.